The molecule has 0 saturated carbocycles. The Morgan fingerprint density at radius 1 is 1.50 bits per heavy atom. The maximum Gasteiger partial charge on any atom is 0.219 e. The third kappa shape index (κ3) is 2.62. The van der Waals surface area contributed by atoms with Gasteiger partial charge in [-0.1, -0.05) is 0 Å². The standard InChI is InChI=1S/C11H18N4O/c1-8(2)13-10-4-3-9-7-15(12)5-6-16-11(9)14-10/h3-4,8H,5-7,12H2,1-2H3,(H,13,14). The summed E-state index contributed by atoms with van der Waals surface area (Å²) in [6.45, 7) is 6.15. The first-order chi connectivity index (χ1) is 7.65. The van der Waals surface area contributed by atoms with E-state index in [0.29, 0.717) is 25.1 Å². The minimum atomic E-state index is 0.363. The lowest BCUT2D eigenvalue weighted by Gasteiger charge is -2.12. The van der Waals surface area contributed by atoms with Crippen LogP contribution in [0.25, 0.3) is 0 Å². The zero-order valence-electron chi connectivity index (χ0n) is 9.73. The van der Waals surface area contributed by atoms with Crippen LogP contribution in [0.3, 0.4) is 0 Å². The first-order valence-corrected chi connectivity index (χ1v) is 5.54. The number of ether oxygens (including phenoxy) is 1. The molecule has 5 nitrogen and oxygen atoms in total. The lowest BCUT2D eigenvalue weighted by atomic mass is 10.2. The fraction of sp³-hybridized carbons (Fsp3) is 0.545. The summed E-state index contributed by atoms with van der Waals surface area (Å²) in [5, 5.41) is 4.99. The number of rotatable bonds is 2. The maximum atomic E-state index is 5.78. The predicted molar refractivity (Wildman–Crippen MR) is 63.1 cm³/mol. The Morgan fingerprint density at radius 2 is 2.31 bits per heavy atom. The average Bonchev–Trinajstić information content (AvgIpc) is 2.37. The molecular weight excluding hydrogens is 204 g/mol. The van der Waals surface area contributed by atoms with Crippen LogP contribution in [-0.2, 0) is 6.54 Å². The van der Waals surface area contributed by atoms with Gasteiger partial charge in [-0.2, -0.15) is 4.98 Å². The van der Waals surface area contributed by atoms with Crippen molar-refractivity contribution in [3.63, 3.8) is 0 Å². The molecule has 0 unspecified atom stereocenters. The number of nitrogens with one attached hydrogen (secondary N) is 1. The van der Waals surface area contributed by atoms with E-state index in [0.717, 1.165) is 17.9 Å². The number of nitrogens with two attached hydrogens (primary N) is 1. The van der Waals surface area contributed by atoms with Crippen LogP contribution in [0, 0.1) is 0 Å². The van der Waals surface area contributed by atoms with Gasteiger partial charge in [0, 0.05) is 24.7 Å². The molecule has 0 fully saturated rings. The summed E-state index contributed by atoms with van der Waals surface area (Å²) in [4.78, 5) is 4.43. The van der Waals surface area contributed by atoms with Gasteiger partial charge in [-0.05, 0) is 26.0 Å². The molecule has 0 saturated heterocycles. The zero-order valence-corrected chi connectivity index (χ0v) is 9.73. The molecule has 5 heteroatoms. The molecule has 16 heavy (non-hydrogen) atoms. The summed E-state index contributed by atoms with van der Waals surface area (Å²) in [6.07, 6.45) is 0. The van der Waals surface area contributed by atoms with Crippen molar-refractivity contribution in [1.29, 1.82) is 0 Å². The fourth-order valence-electron chi connectivity index (χ4n) is 1.65. The van der Waals surface area contributed by atoms with E-state index in [4.69, 9.17) is 10.6 Å². The molecule has 0 spiro atoms. The molecule has 1 aromatic rings. The number of hydrazine groups is 1. The molecule has 2 rings (SSSR count). The third-order valence-corrected chi connectivity index (χ3v) is 2.37. The molecule has 3 N–H and O–H groups in total. The number of anilines is 1. The highest BCUT2D eigenvalue weighted by Crippen LogP contribution is 2.22. The van der Waals surface area contributed by atoms with Crippen LogP contribution in [0.15, 0.2) is 12.1 Å². The molecule has 2 heterocycles. The minimum Gasteiger partial charge on any atom is -0.476 e. The van der Waals surface area contributed by atoms with E-state index in [1.54, 1.807) is 5.01 Å². The number of fused-ring (bicyclic) bond motifs is 1. The molecule has 88 valence electrons. The normalized spacial score (nSPS) is 16.5. The van der Waals surface area contributed by atoms with Gasteiger partial charge in [0.2, 0.25) is 5.88 Å². The van der Waals surface area contributed by atoms with E-state index < -0.39 is 0 Å². The Labute approximate surface area is 95.6 Å². The highest BCUT2D eigenvalue weighted by molar-refractivity contribution is 5.42. The Morgan fingerprint density at radius 3 is 3.06 bits per heavy atom. The van der Waals surface area contributed by atoms with Gasteiger partial charge >= 0.3 is 0 Å². The SMILES string of the molecule is CC(C)Nc1ccc2c(n1)OCCN(N)C2. The highest BCUT2D eigenvalue weighted by atomic mass is 16.5. The number of hydrogen-bond acceptors (Lipinski definition) is 5. The second-order valence-corrected chi connectivity index (χ2v) is 4.28. The topological polar surface area (TPSA) is 63.4 Å². The Bertz CT molecular complexity index is 367. The van der Waals surface area contributed by atoms with E-state index in [1.165, 1.54) is 0 Å². The molecule has 0 bridgehead atoms. The lowest BCUT2D eigenvalue weighted by molar-refractivity contribution is 0.228. The van der Waals surface area contributed by atoms with Crippen molar-refractivity contribution in [2.75, 3.05) is 18.5 Å². The van der Waals surface area contributed by atoms with E-state index in [9.17, 15) is 0 Å². The van der Waals surface area contributed by atoms with Crippen LogP contribution in [0.4, 0.5) is 5.82 Å². The summed E-state index contributed by atoms with van der Waals surface area (Å²) in [5.41, 5.74) is 1.04. The quantitative estimate of drug-likeness (QED) is 0.730. The predicted octanol–water partition coefficient (Wildman–Crippen LogP) is 0.970. The largest absolute Gasteiger partial charge is 0.476 e. The van der Waals surface area contributed by atoms with E-state index in [2.05, 4.69) is 24.1 Å². The number of aromatic nitrogens is 1. The van der Waals surface area contributed by atoms with Gasteiger partial charge in [-0.3, -0.25) is 5.84 Å². The maximum absolute atomic E-state index is 5.78. The van der Waals surface area contributed by atoms with E-state index in [1.807, 2.05) is 12.1 Å². The Balaban J connectivity index is 2.21. The van der Waals surface area contributed by atoms with Crippen LogP contribution in [0.5, 0.6) is 5.88 Å². The van der Waals surface area contributed by atoms with Gasteiger partial charge in [0.15, 0.2) is 0 Å². The fourth-order valence-corrected chi connectivity index (χ4v) is 1.65. The monoisotopic (exact) mass is 222 g/mol. The average molecular weight is 222 g/mol. The van der Waals surface area contributed by atoms with E-state index in [-0.39, 0.29) is 0 Å². The van der Waals surface area contributed by atoms with Crippen molar-refractivity contribution in [3.05, 3.63) is 17.7 Å². The molecule has 0 aromatic carbocycles. The second kappa shape index (κ2) is 4.67. The van der Waals surface area contributed by atoms with Crippen molar-refractivity contribution in [1.82, 2.24) is 9.99 Å². The number of hydrogen-bond donors (Lipinski definition) is 2. The van der Waals surface area contributed by atoms with Crippen LogP contribution in [0.1, 0.15) is 19.4 Å². The minimum absolute atomic E-state index is 0.363. The molecule has 1 aromatic heterocycles. The Kier molecular flexibility index (Phi) is 3.26. The zero-order chi connectivity index (χ0) is 11.5. The molecular formula is C11H18N4O. The van der Waals surface area contributed by atoms with Gasteiger partial charge in [0.1, 0.15) is 12.4 Å². The lowest BCUT2D eigenvalue weighted by Crippen LogP contribution is -2.32. The van der Waals surface area contributed by atoms with Gasteiger partial charge in [0.25, 0.3) is 0 Å². The first-order valence-electron chi connectivity index (χ1n) is 5.54. The van der Waals surface area contributed by atoms with Crippen LogP contribution in [0.2, 0.25) is 0 Å². The smallest absolute Gasteiger partial charge is 0.219 e. The van der Waals surface area contributed by atoms with Crippen molar-refractivity contribution in [2.24, 2.45) is 5.84 Å². The number of nitrogens with zero attached hydrogens (tertiary/aromatic N) is 2. The van der Waals surface area contributed by atoms with Crippen molar-refractivity contribution < 1.29 is 4.74 Å². The number of pyridine rings is 1. The van der Waals surface area contributed by atoms with Crippen LogP contribution < -0.4 is 15.9 Å². The van der Waals surface area contributed by atoms with Crippen LogP contribution in [-0.4, -0.2) is 29.2 Å². The summed E-state index contributed by atoms with van der Waals surface area (Å²) in [7, 11) is 0. The summed E-state index contributed by atoms with van der Waals surface area (Å²) in [6, 6.07) is 4.34. The molecule has 1 aliphatic rings. The highest BCUT2D eigenvalue weighted by Gasteiger charge is 2.14. The molecule has 1 aliphatic heterocycles. The van der Waals surface area contributed by atoms with Gasteiger partial charge in [0.05, 0.1) is 0 Å². The van der Waals surface area contributed by atoms with Crippen molar-refractivity contribution in [2.45, 2.75) is 26.4 Å². The van der Waals surface area contributed by atoms with Crippen LogP contribution >= 0.6 is 0 Å². The molecule has 0 radical (unpaired) electrons. The Hall–Kier alpha value is -1.33. The summed E-state index contributed by atoms with van der Waals surface area (Å²) >= 11 is 0. The van der Waals surface area contributed by atoms with Crippen molar-refractivity contribution >= 4 is 5.82 Å². The second-order valence-electron chi connectivity index (χ2n) is 4.28. The van der Waals surface area contributed by atoms with Gasteiger partial charge in [-0.25, -0.2) is 5.01 Å². The third-order valence-electron chi connectivity index (χ3n) is 2.37. The summed E-state index contributed by atoms with van der Waals surface area (Å²) < 4.78 is 5.57. The molecule has 0 aliphatic carbocycles. The molecule has 0 atom stereocenters. The van der Waals surface area contributed by atoms with Gasteiger partial charge in [-0.15, -0.1) is 0 Å². The van der Waals surface area contributed by atoms with Crippen molar-refractivity contribution in [3.8, 4) is 5.88 Å². The summed E-state index contributed by atoms with van der Waals surface area (Å²) in [5.74, 6) is 7.32. The first kappa shape index (κ1) is 11.2. The van der Waals surface area contributed by atoms with E-state index >= 15 is 0 Å². The van der Waals surface area contributed by atoms with Gasteiger partial charge < -0.3 is 10.1 Å². The molecule has 0 amide bonds.